The van der Waals surface area contributed by atoms with E-state index >= 15 is 0 Å². The van der Waals surface area contributed by atoms with Crippen LogP contribution in [-0.2, 0) is 20.2 Å². The molecule has 0 fully saturated rings. The zero-order chi connectivity index (χ0) is 33.1. The highest BCUT2D eigenvalue weighted by Gasteiger charge is 2.17. The van der Waals surface area contributed by atoms with Gasteiger partial charge in [-0.3, -0.25) is 55.2 Å². The van der Waals surface area contributed by atoms with Crippen molar-refractivity contribution in [3.8, 4) is 0 Å². The lowest BCUT2D eigenvalue weighted by Crippen LogP contribution is -2.36. The summed E-state index contributed by atoms with van der Waals surface area (Å²) in [6.07, 6.45) is 2.43. The van der Waals surface area contributed by atoms with Crippen molar-refractivity contribution < 1.29 is 25.9 Å². The Morgan fingerprint density at radius 3 is 1.35 bits per heavy atom. The average Bonchev–Trinajstić information content (AvgIpc) is 2.95. The first-order valence-corrected chi connectivity index (χ1v) is 15.7. The third kappa shape index (κ3) is 7.95. The van der Waals surface area contributed by atoms with Crippen LogP contribution < -0.4 is 33.7 Å². The van der Waals surface area contributed by atoms with Crippen LogP contribution in [0.4, 0.5) is 17.1 Å². The van der Waals surface area contributed by atoms with Gasteiger partial charge < -0.3 is 0 Å². The summed E-state index contributed by atoms with van der Waals surface area (Å²) in [6.45, 7) is 0. The highest BCUT2D eigenvalue weighted by Crippen LogP contribution is 2.27. The molecule has 2 aromatic heterocycles. The van der Waals surface area contributed by atoms with E-state index in [9.17, 15) is 25.9 Å². The SMILES string of the molecule is N=c1[nH]c(=N)[nH]c(=Nc2ccc(/C=C/c3ccc(N=c4[nH]c(=N)[nH]c(=Nc5ccccc5)[nH]4)cc3S(=O)(=O)O)c(S(=O)(=O)O)c2)[nH]1. The summed E-state index contributed by atoms with van der Waals surface area (Å²) in [6, 6.07) is 16.4. The van der Waals surface area contributed by atoms with Crippen LogP contribution in [0.5, 0.6) is 0 Å². The second-order valence-corrected chi connectivity index (χ2v) is 12.1. The van der Waals surface area contributed by atoms with Gasteiger partial charge in [-0.15, -0.1) is 0 Å². The minimum atomic E-state index is -4.81. The second-order valence-electron chi connectivity index (χ2n) is 9.32. The minimum absolute atomic E-state index is 0.0352. The predicted molar refractivity (Wildman–Crippen MR) is 160 cm³/mol. The first kappa shape index (κ1) is 31.5. The van der Waals surface area contributed by atoms with E-state index in [2.05, 4.69) is 44.9 Å². The molecule has 0 amide bonds. The molecule has 11 N–H and O–H groups in total. The van der Waals surface area contributed by atoms with Crippen molar-refractivity contribution in [2.75, 3.05) is 0 Å². The molecule has 18 nitrogen and oxygen atoms in total. The molecule has 5 aromatic rings. The van der Waals surface area contributed by atoms with Crippen LogP contribution in [-0.4, -0.2) is 55.8 Å². The van der Waals surface area contributed by atoms with Gasteiger partial charge in [-0.25, -0.2) is 15.0 Å². The molecule has 0 bridgehead atoms. The largest absolute Gasteiger partial charge is 0.297 e. The highest BCUT2D eigenvalue weighted by molar-refractivity contribution is 7.86. The van der Waals surface area contributed by atoms with E-state index in [1.54, 1.807) is 24.3 Å². The summed E-state index contributed by atoms with van der Waals surface area (Å²) in [5, 5.41) is 23.2. The summed E-state index contributed by atoms with van der Waals surface area (Å²) in [5.41, 5.74) is 0.134. The molecule has 0 saturated carbocycles. The molecule has 0 aliphatic rings. The fourth-order valence-electron chi connectivity index (χ4n) is 4.04. The van der Waals surface area contributed by atoms with Crippen molar-refractivity contribution in [2.24, 2.45) is 15.0 Å². The topological polar surface area (TPSA) is 312 Å². The number of rotatable bonds is 7. The maximum atomic E-state index is 12.3. The van der Waals surface area contributed by atoms with Gasteiger partial charge in [-0.2, -0.15) is 16.8 Å². The Labute approximate surface area is 257 Å². The van der Waals surface area contributed by atoms with E-state index in [-0.39, 0.29) is 56.2 Å². The van der Waals surface area contributed by atoms with Crippen LogP contribution >= 0.6 is 0 Å². The normalized spacial score (nSPS) is 12.9. The van der Waals surface area contributed by atoms with Crippen molar-refractivity contribution in [3.05, 3.63) is 112 Å². The molecule has 5 rings (SSSR count). The molecule has 0 saturated heterocycles. The molecule has 2 heterocycles. The molecule has 20 heteroatoms. The van der Waals surface area contributed by atoms with Gasteiger partial charge in [0.1, 0.15) is 9.79 Å². The number of hydrogen-bond donors (Lipinski definition) is 11. The van der Waals surface area contributed by atoms with Gasteiger partial charge in [-0.1, -0.05) is 42.5 Å². The second kappa shape index (κ2) is 12.6. The van der Waals surface area contributed by atoms with E-state index in [0.717, 1.165) is 12.1 Å². The van der Waals surface area contributed by atoms with Gasteiger partial charge in [0.2, 0.25) is 33.7 Å². The van der Waals surface area contributed by atoms with Gasteiger partial charge in [-0.05, 0) is 47.5 Å². The first-order valence-electron chi connectivity index (χ1n) is 12.8. The number of H-pyrrole nitrogens is 6. The summed E-state index contributed by atoms with van der Waals surface area (Å²) >= 11 is 0. The van der Waals surface area contributed by atoms with Crippen LogP contribution in [0, 0.1) is 16.2 Å². The first-order chi connectivity index (χ1) is 21.7. The Kier molecular flexibility index (Phi) is 8.60. The molecule has 0 unspecified atom stereocenters. The maximum absolute atomic E-state index is 12.3. The summed E-state index contributed by atoms with van der Waals surface area (Å²) in [7, 11) is -9.62. The van der Waals surface area contributed by atoms with Gasteiger partial charge in [0.25, 0.3) is 20.2 Å². The van der Waals surface area contributed by atoms with E-state index in [1.807, 2.05) is 6.07 Å². The average molecular weight is 665 g/mol. The molecule has 0 spiro atoms. The molecule has 0 atom stereocenters. The van der Waals surface area contributed by atoms with Crippen LogP contribution in [0.1, 0.15) is 11.1 Å². The number of nitrogens with one attached hydrogen (secondary N) is 9. The Hall–Kier alpha value is -5.96. The number of aromatic nitrogens is 6. The Morgan fingerprint density at radius 1 is 0.522 bits per heavy atom. The van der Waals surface area contributed by atoms with Crippen molar-refractivity contribution >= 4 is 49.5 Å². The predicted octanol–water partition coefficient (Wildman–Crippen LogP) is 0.455. The van der Waals surface area contributed by atoms with Gasteiger partial charge in [0.15, 0.2) is 0 Å². The molecule has 0 aliphatic carbocycles. The number of para-hydroxylation sites is 1. The maximum Gasteiger partial charge on any atom is 0.295 e. The van der Waals surface area contributed by atoms with Crippen LogP contribution in [0.25, 0.3) is 12.2 Å². The third-order valence-corrected chi connectivity index (χ3v) is 7.75. The Balaban J connectivity index is 1.55. The lowest BCUT2D eigenvalue weighted by atomic mass is 10.1. The van der Waals surface area contributed by atoms with Crippen LogP contribution in [0.2, 0.25) is 0 Å². The zero-order valence-corrected chi connectivity index (χ0v) is 24.8. The van der Waals surface area contributed by atoms with E-state index in [0.29, 0.717) is 5.69 Å². The summed E-state index contributed by atoms with van der Waals surface area (Å²) < 4.78 is 68.8. The standard InChI is InChI=1S/C26H24N12O6S2/c27-21-33-22(28)35-24(34-21)31-17-10-8-14(19(12-17)45(39,40)41)6-7-15-9-11-18(13-20(15)46(42,43)44)32-26-37-23(29)36-25(38-26)30-16-4-2-1-3-5-16/h1-13H,(H,39,40,41)(H,42,43,44)(H5,27,28,31,33,34,35)(H4,29,30,32,36,37,38)/b7-6+. The molecule has 0 aliphatic heterocycles. The summed E-state index contributed by atoms with van der Waals surface area (Å²) in [5.74, 6) is 0. The van der Waals surface area contributed by atoms with Crippen LogP contribution in [0.3, 0.4) is 0 Å². The van der Waals surface area contributed by atoms with Gasteiger partial charge >= 0.3 is 0 Å². The summed E-state index contributed by atoms with van der Waals surface area (Å²) in [4.78, 5) is 27.1. The van der Waals surface area contributed by atoms with Crippen molar-refractivity contribution in [3.63, 3.8) is 0 Å². The van der Waals surface area contributed by atoms with Gasteiger partial charge in [0.05, 0.1) is 17.1 Å². The Bertz CT molecular complexity index is 2580. The van der Waals surface area contributed by atoms with Gasteiger partial charge in [0, 0.05) is 0 Å². The lowest BCUT2D eigenvalue weighted by molar-refractivity contribution is 0.480. The molecular weight excluding hydrogens is 640 g/mol. The fourth-order valence-corrected chi connectivity index (χ4v) is 5.45. The quantitative estimate of drug-likeness (QED) is 0.0866. The number of benzene rings is 3. The minimum Gasteiger partial charge on any atom is -0.297 e. The van der Waals surface area contributed by atoms with Crippen molar-refractivity contribution in [2.45, 2.75) is 9.79 Å². The smallest absolute Gasteiger partial charge is 0.295 e. The molecule has 46 heavy (non-hydrogen) atoms. The number of hydrogen-bond acceptors (Lipinski definition) is 10. The zero-order valence-electron chi connectivity index (χ0n) is 23.2. The van der Waals surface area contributed by atoms with E-state index in [1.165, 1.54) is 36.4 Å². The Morgan fingerprint density at radius 2 is 0.913 bits per heavy atom. The van der Waals surface area contributed by atoms with E-state index < -0.39 is 30.0 Å². The number of aromatic amines is 6. The molecule has 3 aromatic carbocycles. The fraction of sp³-hybridized carbons (Fsp3) is 0. The molecule has 236 valence electrons. The highest BCUT2D eigenvalue weighted by atomic mass is 32.2. The number of nitrogens with zero attached hydrogens (tertiary/aromatic N) is 3. The third-order valence-electron chi connectivity index (χ3n) is 5.93. The lowest BCUT2D eigenvalue weighted by Gasteiger charge is -2.07. The van der Waals surface area contributed by atoms with Crippen LogP contribution in [0.15, 0.2) is 91.5 Å². The van der Waals surface area contributed by atoms with Crippen molar-refractivity contribution in [1.29, 1.82) is 16.2 Å². The monoisotopic (exact) mass is 664 g/mol. The molecule has 0 radical (unpaired) electrons. The van der Waals surface area contributed by atoms with E-state index in [4.69, 9.17) is 16.2 Å². The molecular formula is C26H24N12O6S2. The van der Waals surface area contributed by atoms with Crippen molar-refractivity contribution in [1.82, 2.24) is 29.9 Å².